The molecule has 0 atom stereocenters. The predicted octanol–water partition coefficient (Wildman–Crippen LogP) is 11.8. The van der Waals surface area contributed by atoms with E-state index in [1.165, 1.54) is 52.9 Å². The van der Waals surface area contributed by atoms with Crippen LogP contribution in [-0.2, 0) is 20.1 Å². The SMILES string of the molecule is Cc1cc(-c2[c-]cccc2)nc[c]1[Ge]([CH3])([CH3])[CH3].[2H]C1(c2ccnc(-c3[c-]ccc4c3sc3cc5ccc(C)cc5cc34)c2)CCCCC1.[Ir]. The number of aromatic nitrogens is 2. The third-order valence-electron chi connectivity index (χ3n) is 9.33. The molecular formula is C43H42GeIrN2S-2. The molecule has 1 saturated carbocycles. The first-order chi connectivity index (χ1) is 23.1. The Hall–Kier alpha value is -3.15. The molecule has 0 amide bonds. The normalized spacial score (nSPS) is 14.6. The van der Waals surface area contributed by atoms with Crippen LogP contribution in [0.25, 0.3) is 53.5 Å². The number of benzene rings is 4. The Bertz CT molecular complexity index is 2250. The van der Waals surface area contributed by atoms with Gasteiger partial charge in [0.1, 0.15) is 0 Å². The summed E-state index contributed by atoms with van der Waals surface area (Å²) in [5.74, 6) is 6.73. The van der Waals surface area contributed by atoms with Gasteiger partial charge in [-0.3, -0.25) is 0 Å². The first kappa shape index (κ1) is 33.4. The van der Waals surface area contributed by atoms with Crippen LogP contribution >= 0.6 is 11.3 Å². The molecule has 0 saturated heterocycles. The largest absolute Gasteiger partial charge is 0.305 e. The molecule has 1 aliphatic carbocycles. The van der Waals surface area contributed by atoms with Gasteiger partial charge in [-0.15, -0.1) is 23.8 Å². The number of aryl methyl sites for hydroxylation is 2. The number of pyridine rings is 2. The van der Waals surface area contributed by atoms with E-state index in [2.05, 4.69) is 109 Å². The molecule has 0 bridgehead atoms. The van der Waals surface area contributed by atoms with Crippen LogP contribution in [0.4, 0.5) is 0 Å². The summed E-state index contributed by atoms with van der Waals surface area (Å²) in [6, 6.07) is 36.6. The fraction of sp³-hybridized carbons (Fsp3) is 0.256. The summed E-state index contributed by atoms with van der Waals surface area (Å²) in [5, 5.41) is 5.13. The van der Waals surface area contributed by atoms with Crippen molar-refractivity contribution in [2.24, 2.45) is 0 Å². The quantitative estimate of drug-likeness (QED) is 0.130. The van der Waals surface area contributed by atoms with Gasteiger partial charge in [0.15, 0.2) is 0 Å². The van der Waals surface area contributed by atoms with Crippen LogP contribution in [0.3, 0.4) is 0 Å². The zero-order chi connectivity index (χ0) is 33.5. The van der Waals surface area contributed by atoms with Crippen molar-refractivity contribution in [3.63, 3.8) is 0 Å². The van der Waals surface area contributed by atoms with Crippen LogP contribution in [0.5, 0.6) is 0 Å². The minimum absolute atomic E-state index is 0. The molecule has 1 aliphatic rings. The second-order valence-corrected chi connectivity index (χ2v) is 25.5. The molecule has 0 spiro atoms. The molecule has 48 heavy (non-hydrogen) atoms. The number of fused-ring (bicyclic) bond motifs is 4. The second kappa shape index (κ2) is 14.8. The van der Waals surface area contributed by atoms with E-state index in [1.54, 1.807) is 0 Å². The first-order valence-corrected chi connectivity index (χ1v) is 24.9. The molecule has 245 valence electrons. The zero-order valence-electron chi connectivity index (χ0n) is 29.4. The van der Waals surface area contributed by atoms with Crippen LogP contribution in [-0.4, -0.2) is 23.2 Å². The molecule has 2 nitrogen and oxygen atoms in total. The molecule has 7 aromatic rings. The monoisotopic (exact) mass is 886 g/mol. The average Bonchev–Trinajstić information content (AvgIpc) is 3.45. The van der Waals surface area contributed by atoms with E-state index >= 15 is 0 Å². The number of hydrogen-bond acceptors (Lipinski definition) is 3. The van der Waals surface area contributed by atoms with Crippen molar-refractivity contribution in [2.45, 2.75) is 69.1 Å². The van der Waals surface area contributed by atoms with Gasteiger partial charge < -0.3 is 4.98 Å². The van der Waals surface area contributed by atoms with Crippen molar-refractivity contribution in [1.29, 1.82) is 0 Å². The Morgan fingerprint density at radius 1 is 0.792 bits per heavy atom. The maximum Gasteiger partial charge on any atom is 0.0352 e. The molecular weight excluding hydrogens is 841 g/mol. The average molecular weight is 885 g/mol. The van der Waals surface area contributed by atoms with Crippen LogP contribution < -0.4 is 4.40 Å². The predicted molar refractivity (Wildman–Crippen MR) is 206 cm³/mol. The van der Waals surface area contributed by atoms with Crippen LogP contribution in [0.1, 0.15) is 56.1 Å². The summed E-state index contributed by atoms with van der Waals surface area (Å²) in [4.78, 5) is 9.31. The molecule has 0 N–H and O–H groups in total. The van der Waals surface area contributed by atoms with E-state index in [0.717, 1.165) is 53.8 Å². The number of rotatable bonds is 4. The van der Waals surface area contributed by atoms with Gasteiger partial charge >= 0.3 is 106 Å². The molecule has 8 rings (SSSR count). The summed E-state index contributed by atoms with van der Waals surface area (Å²) in [5.41, 5.74) is 7.85. The molecule has 3 aromatic heterocycles. The van der Waals surface area contributed by atoms with E-state index in [-0.39, 0.29) is 20.1 Å². The third kappa shape index (κ3) is 7.38. The van der Waals surface area contributed by atoms with Gasteiger partial charge in [0.25, 0.3) is 0 Å². The summed E-state index contributed by atoms with van der Waals surface area (Å²) < 4.78 is 13.1. The summed E-state index contributed by atoms with van der Waals surface area (Å²) in [7, 11) is 0. The fourth-order valence-electron chi connectivity index (χ4n) is 6.89. The molecule has 3 heterocycles. The van der Waals surface area contributed by atoms with Gasteiger partial charge in [-0.1, -0.05) is 60.0 Å². The van der Waals surface area contributed by atoms with Crippen LogP contribution in [0, 0.1) is 26.0 Å². The van der Waals surface area contributed by atoms with Crippen molar-refractivity contribution in [3.05, 3.63) is 126 Å². The number of hydrogen-bond donors (Lipinski definition) is 0. The fourth-order valence-corrected chi connectivity index (χ4v) is 11.7. The Balaban J connectivity index is 0.000000198. The van der Waals surface area contributed by atoms with Gasteiger partial charge in [0.2, 0.25) is 0 Å². The maximum absolute atomic E-state index is 9.04. The summed E-state index contributed by atoms with van der Waals surface area (Å²) >= 11 is 0.0520. The summed E-state index contributed by atoms with van der Waals surface area (Å²) in [6.07, 6.45) is 9.39. The number of thiophene rings is 1. The van der Waals surface area contributed by atoms with E-state index < -0.39 is 19.2 Å². The third-order valence-corrected chi connectivity index (χ3v) is 15.0. The van der Waals surface area contributed by atoms with Crippen molar-refractivity contribution in [2.75, 3.05) is 0 Å². The van der Waals surface area contributed by atoms with Gasteiger partial charge in [-0.2, -0.15) is 11.3 Å². The van der Waals surface area contributed by atoms with E-state index in [1.807, 2.05) is 47.9 Å². The molecule has 4 aromatic carbocycles. The molecule has 1 radical (unpaired) electrons. The van der Waals surface area contributed by atoms with Crippen molar-refractivity contribution in [1.82, 2.24) is 9.97 Å². The smallest absolute Gasteiger partial charge is 0.0352 e. The van der Waals surface area contributed by atoms with E-state index in [0.29, 0.717) is 0 Å². The zero-order valence-corrected chi connectivity index (χ0v) is 33.7. The Morgan fingerprint density at radius 2 is 1.62 bits per heavy atom. The molecule has 1 fully saturated rings. The summed E-state index contributed by atoms with van der Waals surface area (Å²) in [6.45, 7) is 4.34. The number of nitrogens with zero attached hydrogens (tertiary/aromatic N) is 2. The van der Waals surface area contributed by atoms with E-state index in [9.17, 15) is 0 Å². The standard InChI is InChI=1S/C28H24NS.C15H18GeN.Ir/c1-18-10-11-20-17-27-25(15-22(20)14-18)23-8-5-9-24(28(23)30-27)26-16-21(12-13-29-26)19-6-3-2-4-7-19;1-12-10-15(13-8-6-5-7-9-13)17-11-14(12)16(2,3)4;/h5,8,10-17,19H,2-4,6-7H2,1H3;5-8,10-11H,1-4H3;/q2*-1;/i19D;;. The van der Waals surface area contributed by atoms with Crippen molar-refractivity contribution in [3.8, 4) is 22.5 Å². The van der Waals surface area contributed by atoms with Gasteiger partial charge in [0.05, 0.1) is 0 Å². The van der Waals surface area contributed by atoms with E-state index in [4.69, 9.17) is 6.35 Å². The Labute approximate surface area is 307 Å². The van der Waals surface area contributed by atoms with Gasteiger partial charge in [-0.05, 0) is 70.4 Å². The minimum Gasteiger partial charge on any atom is -0.305 e. The minimum atomic E-state index is -1.77. The molecule has 0 unspecified atom stereocenters. The van der Waals surface area contributed by atoms with Gasteiger partial charge in [-0.25, -0.2) is 0 Å². The van der Waals surface area contributed by atoms with Crippen LogP contribution in [0.15, 0.2) is 97.3 Å². The topological polar surface area (TPSA) is 25.8 Å². The first-order valence-electron chi connectivity index (χ1n) is 17.3. The maximum atomic E-state index is 9.04. The van der Waals surface area contributed by atoms with Crippen molar-refractivity contribution >= 4 is 59.9 Å². The molecule has 0 aliphatic heterocycles. The van der Waals surface area contributed by atoms with Crippen LogP contribution in [0.2, 0.25) is 17.3 Å². The van der Waals surface area contributed by atoms with Gasteiger partial charge in [0, 0.05) is 32.4 Å². The molecule has 5 heteroatoms. The Kier molecular flexibility index (Phi) is 10.3. The van der Waals surface area contributed by atoms with Crippen molar-refractivity contribution < 1.29 is 21.5 Å². The Morgan fingerprint density at radius 3 is 2.38 bits per heavy atom. The second-order valence-electron chi connectivity index (χ2n) is 13.9.